The lowest BCUT2D eigenvalue weighted by molar-refractivity contribution is -0.121. The standard InChI is InChI=1S/C18H22N2O2S2/c1-3-15-13(2)12-16(24-15)18(22)20-19-17(21)10-7-11-23-14-8-5-4-6-9-14/h4-6,8-9,12H,3,7,10-11H2,1-2H3,(H,19,21)(H,20,22). The summed E-state index contributed by atoms with van der Waals surface area (Å²) in [6.45, 7) is 4.06. The molecule has 0 atom stereocenters. The van der Waals surface area contributed by atoms with Crippen molar-refractivity contribution in [2.24, 2.45) is 0 Å². The van der Waals surface area contributed by atoms with E-state index in [1.165, 1.54) is 21.1 Å². The first-order valence-electron chi connectivity index (χ1n) is 7.96. The molecule has 1 aromatic carbocycles. The predicted molar refractivity (Wildman–Crippen MR) is 100 cm³/mol. The van der Waals surface area contributed by atoms with Gasteiger partial charge in [-0.25, -0.2) is 0 Å². The molecule has 0 unspecified atom stereocenters. The Morgan fingerprint density at radius 2 is 1.92 bits per heavy atom. The minimum atomic E-state index is -0.255. The van der Waals surface area contributed by atoms with Crippen molar-refractivity contribution >= 4 is 34.9 Å². The van der Waals surface area contributed by atoms with Crippen LogP contribution in [-0.2, 0) is 11.2 Å². The summed E-state index contributed by atoms with van der Waals surface area (Å²) in [5, 5.41) is 0. The molecule has 0 saturated carbocycles. The van der Waals surface area contributed by atoms with Crippen LogP contribution in [-0.4, -0.2) is 17.6 Å². The normalized spacial score (nSPS) is 10.4. The van der Waals surface area contributed by atoms with E-state index >= 15 is 0 Å². The highest BCUT2D eigenvalue weighted by molar-refractivity contribution is 7.99. The molecule has 2 N–H and O–H groups in total. The maximum atomic E-state index is 12.0. The van der Waals surface area contributed by atoms with Gasteiger partial charge in [-0.15, -0.1) is 23.1 Å². The van der Waals surface area contributed by atoms with Gasteiger partial charge in [-0.2, -0.15) is 0 Å². The number of benzene rings is 1. The molecule has 4 nitrogen and oxygen atoms in total. The van der Waals surface area contributed by atoms with E-state index in [0.717, 1.165) is 24.2 Å². The molecule has 2 rings (SSSR count). The summed E-state index contributed by atoms with van der Waals surface area (Å²) in [4.78, 5) is 26.8. The number of aryl methyl sites for hydroxylation is 2. The van der Waals surface area contributed by atoms with Crippen LogP contribution >= 0.6 is 23.1 Å². The predicted octanol–water partition coefficient (Wildman–Crippen LogP) is 3.95. The molecule has 0 bridgehead atoms. The van der Waals surface area contributed by atoms with Crippen molar-refractivity contribution in [2.45, 2.75) is 38.0 Å². The Hall–Kier alpha value is -1.79. The summed E-state index contributed by atoms with van der Waals surface area (Å²) >= 11 is 3.20. The zero-order valence-electron chi connectivity index (χ0n) is 13.9. The minimum absolute atomic E-state index is 0.166. The van der Waals surface area contributed by atoms with Gasteiger partial charge in [0.1, 0.15) is 0 Å². The van der Waals surface area contributed by atoms with Crippen LogP contribution in [0.2, 0.25) is 0 Å². The average Bonchev–Trinajstić information content (AvgIpc) is 2.98. The van der Waals surface area contributed by atoms with Crippen LogP contribution < -0.4 is 10.9 Å². The van der Waals surface area contributed by atoms with Crippen molar-refractivity contribution in [3.8, 4) is 0 Å². The molecule has 1 aromatic heterocycles. The van der Waals surface area contributed by atoms with Crippen LogP contribution in [0.3, 0.4) is 0 Å². The number of hydrazine groups is 1. The topological polar surface area (TPSA) is 58.2 Å². The van der Waals surface area contributed by atoms with Crippen LogP contribution in [0.1, 0.15) is 39.9 Å². The fraction of sp³-hybridized carbons (Fsp3) is 0.333. The van der Waals surface area contributed by atoms with Gasteiger partial charge >= 0.3 is 0 Å². The van der Waals surface area contributed by atoms with Gasteiger partial charge in [-0.3, -0.25) is 20.4 Å². The monoisotopic (exact) mass is 362 g/mol. The molecule has 2 amide bonds. The number of thiophene rings is 1. The van der Waals surface area contributed by atoms with E-state index in [1.807, 2.05) is 31.2 Å². The minimum Gasteiger partial charge on any atom is -0.273 e. The summed E-state index contributed by atoms with van der Waals surface area (Å²) in [5.74, 6) is 0.450. The number of hydrogen-bond acceptors (Lipinski definition) is 4. The molecule has 24 heavy (non-hydrogen) atoms. The summed E-state index contributed by atoms with van der Waals surface area (Å²) in [7, 11) is 0. The maximum Gasteiger partial charge on any atom is 0.279 e. The molecular weight excluding hydrogens is 340 g/mol. The quantitative estimate of drug-likeness (QED) is 0.445. The third-order valence-corrected chi connectivity index (χ3v) is 5.92. The molecule has 128 valence electrons. The van der Waals surface area contributed by atoms with Gasteiger partial charge < -0.3 is 0 Å². The summed E-state index contributed by atoms with van der Waals surface area (Å²) < 4.78 is 0. The summed E-state index contributed by atoms with van der Waals surface area (Å²) in [6.07, 6.45) is 2.07. The molecule has 2 aromatic rings. The van der Waals surface area contributed by atoms with Gasteiger partial charge in [0.05, 0.1) is 4.88 Å². The Balaban J connectivity index is 1.66. The van der Waals surface area contributed by atoms with Gasteiger partial charge in [0.25, 0.3) is 5.91 Å². The number of rotatable bonds is 7. The zero-order valence-corrected chi connectivity index (χ0v) is 15.6. The summed E-state index contributed by atoms with van der Waals surface area (Å²) in [6, 6.07) is 12.0. The molecule has 0 aliphatic rings. The first kappa shape index (κ1) is 18.5. The second kappa shape index (κ2) is 9.49. The van der Waals surface area contributed by atoms with Gasteiger partial charge in [0.2, 0.25) is 5.91 Å². The van der Waals surface area contributed by atoms with E-state index in [4.69, 9.17) is 0 Å². The van der Waals surface area contributed by atoms with E-state index in [0.29, 0.717) is 11.3 Å². The van der Waals surface area contributed by atoms with Crippen molar-refractivity contribution in [1.29, 1.82) is 0 Å². The van der Waals surface area contributed by atoms with E-state index in [2.05, 4.69) is 29.9 Å². The molecule has 0 aliphatic carbocycles. The fourth-order valence-electron chi connectivity index (χ4n) is 2.17. The SMILES string of the molecule is CCc1sc(C(=O)NNC(=O)CCCSc2ccccc2)cc1C. The Bertz CT molecular complexity index is 684. The van der Waals surface area contributed by atoms with E-state index in [9.17, 15) is 9.59 Å². The highest BCUT2D eigenvalue weighted by Crippen LogP contribution is 2.22. The van der Waals surface area contributed by atoms with E-state index < -0.39 is 0 Å². The van der Waals surface area contributed by atoms with Crippen molar-refractivity contribution < 1.29 is 9.59 Å². The lowest BCUT2D eigenvalue weighted by Crippen LogP contribution is -2.41. The molecule has 1 heterocycles. The first-order valence-corrected chi connectivity index (χ1v) is 9.76. The van der Waals surface area contributed by atoms with Crippen LogP contribution in [0.4, 0.5) is 0 Å². The number of amides is 2. The number of hydrogen-bond donors (Lipinski definition) is 2. The van der Waals surface area contributed by atoms with Crippen LogP contribution in [0.15, 0.2) is 41.3 Å². The lowest BCUT2D eigenvalue weighted by Gasteiger charge is -2.06. The highest BCUT2D eigenvalue weighted by Gasteiger charge is 2.12. The second-order valence-corrected chi connectivity index (χ2v) is 7.64. The number of thioether (sulfide) groups is 1. The highest BCUT2D eigenvalue weighted by atomic mass is 32.2. The lowest BCUT2D eigenvalue weighted by atomic mass is 10.2. The van der Waals surface area contributed by atoms with Gasteiger partial charge in [0.15, 0.2) is 0 Å². The maximum absolute atomic E-state index is 12.0. The molecule has 0 saturated heterocycles. The Labute approximate surface area is 151 Å². The molecule has 0 spiro atoms. The van der Waals surface area contributed by atoms with Crippen LogP contribution in [0.5, 0.6) is 0 Å². The zero-order chi connectivity index (χ0) is 17.4. The number of carbonyl (C=O) groups is 2. The number of nitrogens with one attached hydrogen (secondary N) is 2. The van der Waals surface area contributed by atoms with Crippen molar-refractivity contribution in [3.63, 3.8) is 0 Å². The average molecular weight is 363 g/mol. The number of carbonyl (C=O) groups excluding carboxylic acids is 2. The second-order valence-electron chi connectivity index (χ2n) is 5.34. The van der Waals surface area contributed by atoms with Crippen molar-refractivity contribution in [1.82, 2.24) is 10.9 Å². The van der Waals surface area contributed by atoms with Crippen molar-refractivity contribution in [2.75, 3.05) is 5.75 Å². The molecule has 6 heteroatoms. The van der Waals surface area contributed by atoms with Gasteiger partial charge in [-0.05, 0) is 49.3 Å². The molecular formula is C18H22N2O2S2. The third kappa shape index (κ3) is 5.69. The smallest absolute Gasteiger partial charge is 0.273 e. The molecule has 0 fully saturated rings. The van der Waals surface area contributed by atoms with E-state index in [1.54, 1.807) is 11.8 Å². The van der Waals surface area contributed by atoms with Crippen LogP contribution in [0, 0.1) is 6.92 Å². The van der Waals surface area contributed by atoms with Gasteiger partial charge in [0, 0.05) is 16.2 Å². The van der Waals surface area contributed by atoms with Crippen LogP contribution in [0.25, 0.3) is 0 Å². The molecule has 0 aliphatic heterocycles. The Kier molecular flexibility index (Phi) is 7.34. The van der Waals surface area contributed by atoms with E-state index in [-0.39, 0.29) is 11.8 Å². The Morgan fingerprint density at radius 3 is 2.58 bits per heavy atom. The largest absolute Gasteiger partial charge is 0.279 e. The first-order chi connectivity index (χ1) is 11.6. The third-order valence-electron chi connectivity index (χ3n) is 3.44. The summed E-state index contributed by atoms with van der Waals surface area (Å²) in [5.41, 5.74) is 6.09. The molecule has 0 radical (unpaired) electrons. The fourth-order valence-corrected chi connectivity index (χ4v) is 4.06. The van der Waals surface area contributed by atoms with Crippen molar-refractivity contribution in [3.05, 3.63) is 51.7 Å². The Morgan fingerprint density at radius 1 is 1.17 bits per heavy atom. The van der Waals surface area contributed by atoms with Gasteiger partial charge in [-0.1, -0.05) is 25.1 Å².